The zero-order valence-electron chi connectivity index (χ0n) is 21.4. The highest BCUT2D eigenvalue weighted by Crippen LogP contribution is 2.43. The number of nitrogens with one attached hydrogen (secondary N) is 1. The third-order valence-electron chi connectivity index (χ3n) is 7.54. The van der Waals surface area contributed by atoms with Gasteiger partial charge < -0.3 is 20.9 Å². The Morgan fingerprint density at radius 3 is 2.61 bits per heavy atom. The molecule has 2 aromatic carbocycles. The molecule has 2 aliphatic heterocycles. The minimum Gasteiger partial charge on any atom is -0.485 e. The number of ether oxygens (including phenoxy) is 1. The van der Waals surface area contributed by atoms with Gasteiger partial charge in [0, 0.05) is 11.1 Å². The maximum Gasteiger partial charge on any atom is 0.251 e. The lowest BCUT2D eigenvalue weighted by Crippen LogP contribution is -2.53. The first kappa shape index (κ1) is 24.3. The van der Waals surface area contributed by atoms with E-state index in [1.807, 2.05) is 50.2 Å². The van der Waals surface area contributed by atoms with Crippen LogP contribution in [0, 0.1) is 5.92 Å². The van der Waals surface area contributed by atoms with Crippen molar-refractivity contribution in [3.05, 3.63) is 64.7 Å². The van der Waals surface area contributed by atoms with E-state index in [1.54, 1.807) is 24.8 Å². The number of rotatable bonds is 3. The van der Waals surface area contributed by atoms with Crippen LogP contribution in [0.1, 0.15) is 80.2 Å². The Labute approximate surface area is 211 Å². The number of carbonyl (C=O) groups excluding carboxylic acids is 2. The number of guanidine groups is 1. The van der Waals surface area contributed by atoms with Crippen molar-refractivity contribution in [2.75, 3.05) is 0 Å². The van der Waals surface area contributed by atoms with Crippen molar-refractivity contribution in [3.8, 4) is 5.75 Å². The number of nitrogens with two attached hydrogens (primary N) is 1. The molecule has 0 radical (unpaired) electrons. The van der Waals surface area contributed by atoms with Crippen molar-refractivity contribution in [2.45, 2.75) is 76.8 Å². The summed E-state index contributed by atoms with van der Waals surface area (Å²) >= 11 is 0. The molecule has 2 heterocycles. The SMILES string of the molecule is C[C@H]1Cc2ccc(C(=O)N[C@@H]3c4ccccc4OC(C)(C)[C@H]3O)cc2[C@@H]1N1C(=O)CC(C)(C)N=C1N. The molecule has 0 saturated carbocycles. The maximum absolute atomic E-state index is 13.5. The summed E-state index contributed by atoms with van der Waals surface area (Å²) in [6, 6.07) is 12.1. The van der Waals surface area contributed by atoms with Crippen molar-refractivity contribution in [1.82, 2.24) is 10.2 Å². The van der Waals surface area contributed by atoms with Crippen molar-refractivity contribution >= 4 is 17.8 Å². The summed E-state index contributed by atoms with van der Waals surface area (Å²) in [6.07, 6.45) is 0.121. The van der Waals surface area contributed by atoms with E-state index in [2.05, 4.69) is 17.2 Å². The van der Waals surface area contributed by atoms with E-state index in [4.69, 9.17) is 10.5 Å². The molecular weight excluding hydrogens is 456 g/mol. The molecule has 0 fully saturated rings. The first-order chi connectivity index (χ1) is 16.9. The number of nitrogens with zero attached hydrogens (tertiary/aromatic N) is 2. The van der Waals surface area contributed by atoms with Crippen LogP contribution in [0.25, 0.3) is 0 Å². The molecule has 0 saturated heterocycles. The number of hydrogen-bond donors (Lipinski definition) is 3. The van der Waals surface area contributed by atoms with Gasteiger partial charge in [0.15, 0.2) is 5.96 Å². The molecule has 0 spiro atoms. The van der Waals surface area contributed by atoms with E-state index in [9.17, 15) is 14.7 Å². The number of amides is 2. The first-order valence-electron chi connectivity index (χ1n) is 12.4. The smallest absolute Gasteiger partial charge is 0.251 e. The number of carbonyl (C=O) groups is 2. The van der Waals surface area contributed by atoms with E-state index in [0.717, 1.165) is 23.1 Å². The number of para-hydroxylation sites is 1. The minimum absolute atomic E-state index is 0.0591. The monoisotopic (exact) mass is 490 g/mol. The summed E-state index contributed by atoms with van der Waals surface area (Å²) < 4.78 is 5.98. The molecule has 4 atom stereocenters. The largest absolute Gasteiger partial charge is 0.485 e. The summed E-state index contributed by atoms with van der Waals surface area (Å²) in [5, 5.41) is 14.1. The van der Waals surface area contributed by atoms with Gasteiger partial charge in [0.25, 0.3) is 5.91 Å². The Morgan fingerprint density at radius 2 is 1.89 bits per heavy atom. The molecule has 36 heavy (non-hydrogen) atoms. The van der Waals surface area contributed by atoms with Crippen molar-refractivity contribution in [2.24, 2.45) is 16.6 Å². The van der Waals surface area contributed by atoms with Gasteiger partial charge in [-0.25, -0.2) is 4.99 Å². The Hall–Kier alpha value is -3.39. The summed E-state index contributed by atoms with van der Waals surface area (Å²) in [7, 11) is 0. The van der Waals surface area contributed by atoms with Crippen LogP contribution in [-0.4, -0.2) is 45.0 Å². The summed E-state index contributed by atoms with van der Waals surface area (Å²) in [6.45, 7) is 9.48. The Kier molecular flexibility index (Phi) is 5.63. The Bertz CT molecular complexity index is 1270. The molecule has 8 nitrogen and oxygen atoms in total. The van der Waals surface area contributed by atoms with Crippen LogP contribution in [0.2, 0.25) is 0 Å². The van der Waals surface area contributed by atoms with Crippen LogP contribution in [0.15, 0.2) is 47.5 Å². The fourth-order valence-corrected chi connectivity index (χ4v) is 5.77. The molecule has 2 aromatic rings. The molecule has 0 aromatic heterocycles. The maximum atomic E-state index is 13.5. The van der Waals surface area contributed by atoms with E-state index < -0.39 is 23.3 Å². The van der Waals surface area contributed by atoms with E-state index in [0.29, 0.717) is 11.3 Å². The lowest BCUT2D eigenvalue weighted by atomic mass is 9.86. The van der Waals surface area contributed by atoms with Gasteiger partial charge in [0.2, 0.25) is 5.91 Å². The third kappa shape index (κ3) is 4.03. The van der Waals surface area contributed by atoms with Crippen LogP contribution >= 0.6 is 0 Å². The lowest BCUT2D eigenvalue weighted by Gasteiger charge is -2.42. The van der Waals surface area contributed by atoms with Crippen LogP contribution in [0.5, 0.6) is 5.75 Å². The molecule has 0 unspecified atom stereocenters. The second-order valence-electron chi connectivity index (χ2n) is 11.4. The van der Waals surface area contributed by atoms with Crippen LogP contribution < -0.4 is 15.8 Å². The van der Waals surface area contributed by atoms with E-state index in [1.165, 1.54) is 0 Å². The average molecular weight is 491 g/mol. The highest BCUT2D eigenvalue weighted by atomic mass is 16.5. The van der Waals surface area contributed by atoms with Gasteiger partial charge >= 0.3 is 0 Å². The highest BCUT2D eigenvalue weighted by Gasteiger charge is 2.45. The number of aliphatic imine (C=N–C) groups is 1. The zero-order chi connectivity index (χ0) is 26.0. The summed E-state index contributed by atoms with van der Waals surface area (Å²) in [5.41, 5.74) is 8.08. The number of hydrogen-bond acceptors (Lipinski definition) is 6. The van der Waals surface area contributed by atoms with E-state index >= 15 is 0 Å². The number of aliphatic hydroxyl groups is 1. The molecular formula is C28H34N4O4. The van der Waals surface area contributed by atoms with Gasteiger partial charge in [-0.2, -0.15) is 0 Å². The quantitative estimate of drug-likeness (QED) is 0.611. The predicted octanol–water partition coefficient (Wildman–Crippen LogP) is 3.25. The first-order valence-corrected chi connectivity index (χ1v) is 12.4. The molecule has 4 N–H and O–H groups in total. The number of aliphatic hydroxyl groups excluding tert-OH is 1. The van der Waals surface area contributed by atoms with Crippen molar-refractivity contribution < 1.29 is 19.4 Å². The molecule has 1 aliphatic carbocycles. The van der Waals surface area contributed by atoms with Crippen LogP contribution in [0.4, 0.5) is 0 Å². The average Bonchev–Trinajstić information content (AvgIpc) is 3.10. The van der Waals surface area contributed by atoms with Gasteiger partial charge in [-0.15, -0.1) is 0 Å². The Morgan fingerprint density at radius 1 is 1.17 bits per heavy atom. The van der Waals surface area contributed by atoms with Gasteiger partial charge in [0.1, 0.15) is 17.5 Å². The third-order valence-corrected chi connectivity index (χ3v) is 7.54. The normalized spacial score (nSPS) is 28.0. The molecule has 2 amide bonds. The fourth-order valence-electron chi connectivity index (χ4n) is 5.77. The van der Waals surface area contributed by atoms with Crippen LogP contribution in [-0.2, 0) is 11.2 Å². The van der Waals surface area contributed by atoms with Gasteiger partial charge in [0.05, 0.1) is 24.0 Å². The van der Waals surface area contributed by atoms with Crippen molar-refractivity contribution in [1.29, 1.82) is 0 Å². The summed E-state index contributed by atoms with van der Waals surface area (Å²) in [5.74, 6) is 0.626. The molecule has 190 valence electrons. The highest BCUT2D eigenvalue weighted by molar-refractivity contribution is 6.00. The molecule has 5 rings (SSSR count). The van der Waals surface area contributed by atoms with Gasteiger partial charge in [-0.1, -0.05) is 31.2 Å². The molecule has 8 heteroatoms. The topological polar surface area (TPSA) is 117 Å². The second kappa shape index (κ2) is 8.34. The fraction of sp³-hybridized carbons (Fsp3) is 0.464. The Balaban J connectivity index is 1.46. The van der Waals surface area contributed by atoms with Crippen LogP contribution in [0.3, 0.4) is 0 Å². The standard InChI is InChI=1S/C28H34N4O4/c1-15-12-16-10-11-17(13-19(16)23(15)32-21(33)14-27(2,3)31-26(32)29)25(35)30-22-18-8-6-7-9-20(18)36-28(4,5)24(22)34/h6-11,13,15,22-24,34H,12,14H2,1-5H3,(H2,29,31)(H,30,35)/t15-,22+,23+,24-/m0/s1. The summed E-state index contributed by atoms with van der Waals surface area (Å²) in [4.78, 5) is 32.7. The van der Waals surface area contributed by atoms with E-state index in [-0.39, 0.29) is 36.2 Å². The van der Waals surface area contributed by atoms with Gasteiger partial charge in [-0.05, 0) is 69.4 Å². The molecule has 3 aliphatic rings. The minimum atomic E-state index is -0.941. The second-order valence-corrected chi connectivity index (χ2v) is 11.4. The zero-order valence-corrected chi connectivity index (χ0v) is 21.4. The van der Waals surface area contributed by atoms with Gasteiger partial charge in [-0.3, -0.25) is 14.5 Å². The lowest BCUT2D eigenvalue weighted by molar-refractivity contribution is -0.131. The number of benzene rings is 2. The van der Waals surface area contributed by atoms with Crippen molar-refractivity contribution in [3.63, 3.8) is 0 Å². The molecule has 0 bridgehead atoms. The number of fused-ring (bicyclic) bond motifs is 2. The predicted molar refractivity (Wildman–Crippen MR) is 137 cm³/mol.